The molecule has 0 aliphatic rings. The second-order valence-electron chi connectivity index (χ2n) is 2.66. The first-order valence-electron chi connectivity index (χ1n) is 2.77. The van der Waals surface area contributed by atoms with Crippen LogP contribution in [0.5, 0.6) is 0 Å². The van der Waals surface area contributed by atoms with Gasteiger partial charge in [-0.2, -0.15) is 0 Å². The van der Waals surface area contributed by atoms with E-state index in [0.29, 0.717) is 0 Å². The monoisotopic (exact) mass is 131 g/mol. The smallest absolute Gasteiger partial charge is 0.104 e. The number of rotatable bonds is 3. The van der Waals surface area contributed by atoms with Gasteiger partial charge >= 0.3 is 0 Å². The van der Waals surface area contributed by atoms with Gasteiger partial charge in [0.1, 0.15) is 5.66 Å². The molecule has 54 valence electrons. The molecule has 1 N–H and O–H groups in total. The van der Waals surface area contributed by atoms with Crippen molar-refractivity contribution in [3.8, 4) is 0 Å². The number of nitrogens with zero attached hydrogens (tertiary/aromatic N) is 2. The fourth-order valence-electron chi connectivity index (χ4n) is 0.212. The molecular formula is C5H13N3O. The summed E-state index contributed by atoms with van der Waals surface area (Å²) in [5, 5.41) is 2.59. The van der Waals surface area contributed by atoms with Gasteiger partial charge < -0.3 is 0 Å². The maximum atomic E-state index is 9.74. The molecule has 0 heterocycles. The fraction of sp³-hybridized carbons (Fsp3) is 1.00. The standard InChI is InChI=1S/C5H13N3O/c1-5(2,6-7-9)8(3)4/h1-4H3,(H,6,9). The Morgan fingerprint density at radius 3 is 2.00 bits per heavy atom. The second kappa shape index (κ2) is 2.77. The molecule has 0 aromatic rings. The van der Waals surface area contributed by atoms with Crippen LogP contribution in [0.3, 0.4) is 0 Å². The van der Waals surface area contributed by atoms with Crippen molar-refractivity contribution in [3.63, 3.8) is 0 Å². The van der Waals surface area contributed by atoms with Crippen LogP contribution in [-0.4, -0.2) is 24.7 Å². The first-order chi connectivity index (χ1) is 4.00. The van der Waals surface area contributed by atoms with Crippen LogP contribution in [0.15, 0.2) is 5.29 Å². The Hall–Kier alpha value is -0.640. The third kappa shape index (κ3) is 2.41. The molecule has 0 amide bonds. The normalized spacial score (nSPS) is 11.7. The molecule has 0 saturated carbocycles. The molecule has 0 aliphatic carbocycles. The van der Waals surface area contributed by atoms with Gasteiger partial charge in [-0.05, 0) is 27.9 Å². The van der Waals surface area contributed by atoms with Crippen molar-refractivity contribution >= 4 is 0 Å². The van der Waals surface area contributed by atoms with Gasteiger partial charge in [-0.25, -0.2) is 0 Å². The van der Waals surface area contributed by atoms with Crippen LogP contribution < -0.4 is 5.43 Å². The Balaban J connectivity index is 3.84. The summed E-state index contributed by atoms with van der Waals surface area (Å²) in [7, 11) is 3.75. The van der Waals surface area contributed by atoms with Crippen molar-refractivity contribution in [1.29, 1.82) is 0 Å². The lowest BCUT2D eigenvalue weighted by atomic mass is 10.2. The van der Waals surface area contributed by atoms with Crippen LogP contribution in [0.4, 0.5) is 0 Å². The maximum absolute atomic E-state index is 9.74. The lowest BCUT2D eigenvalue weighted by Crippen LogP contribution is -2.48. The van der Waals surface area contributed by atoms with Crippen molar-refractivity contribution < 1.29 is 0 Å². The van der Waals surface area contributed by atoms with Crippen molar-refractivity contribution in [2.75, 3.05) is 14.1 Å². The lowest BCUT2D eigenvalue weighted by molar-refractivity contribution is 0.151. The summed E-state index contributed by atoms with van der Waals surface area (Å²) in [5.74, 6) is 0. The van der Waals surface area contributed by atoms with E-state index < -0.39 is 0 Å². The van der Waals surface area contributed by atoms with E-state index >= 15 is 0 Å². The van der Waals surface area contributed by atoms with E-state index in [9.17, 15) is 4.91 Å². The van der Waals surface area contributed by atoms with Gasteiger partial charge in [-0.3, -0.25) is 10.3 Å². The zero-order valence-corrected chi connectivity index (χ0v) is 6.30. The molecule has 0 saturated heterocycles. The Labute approximate surface area is 55.2 Å². The molecular weight excluding hydrogens is 118 g/mol. The minimum absolute atomic E-state index is 0.345. The molecule has 0 unspecified atom stereocenters. The molecule has 0 aromatic carbocycles. The molecule has 0 aromatic heterocycles. The topological polar surface area (TPSA) is 44.7 Å². The first-order valence-corrected chi connectivity index (χ1v) is 2.77. The van der Waals surface area contributed by atoms with E-state index in [0.717, 1.165) is 0 Å². The number of nitroso groups, excluding NO2 is 1. The van der Waals surface area contributed by atoms with Gasteiger partial charge in [-0.1, -0.05) is 0 Å². The third-order valence-electron chi connectivity index (χ3n) is 1.44. The van der Waals surface area contributed by atoms with Gasteiger partial charge in [0.2, 0.25) is 0 Å². The van der Waals surface area contributed by atoms with E-state index in [1.807, 2.05) is 32.8 Å². The molecule has 0 aliphatic heterocycles. The van der Waals surface area contributed by atoms with Crippen LogP contribution in [0.2, 0.25) is 0 Å². The minimum Gasteiger partial charge on any atom is -0.286 e. The van der Waals surface area contributed by atoms with Gasteiger partial charge in [0.25, 0.3) is 0 Å². The van der Waals surface area contributed by atoms with Crippen molar-refractivity contribution in [2.24, 2.45) is 5.29 Å². The van der Waals surface area contributed by atoms with Crippen molar-refractivity contribution in [1.82, 2.24) is 10.3 Å². The summed E-state index contributed by atoms with van der Waals surface area (Å²) in [6, 6.07) is 0. The molecule has 0 atom stereocenters. The molecule has 0 bridgehead atoms. The predicted molar refractivity (Wildman–Crippen MR) is 36.7 cm³/mol. The van der Waals surface area contributed by atoms with Crippen LogP contribution in [-0.2, 0) is 0 Å². The molecule has 4 nitrogen and oxygen atoms in total. The van der Waals surface area contributed by atoms with Gasteiger partial charge in [-0.15, -0.1) is 4.91 Å². The van der Waals surface area contributed by atoms with Gasteiger partial charge in [0.15, 0.2) is 0 Å². The number of nitrogens with one attached hydrogen (secondary N) is 1. The third-order valence-corrected chi connectivity index (χ3v) is 1.44. The Morgan fingerprint density at radius 1 is 1.44 bits per heavy atom. The zero-order valence-electron chi connectivity index (χ0n) is 6.30. The van der Waals surface area contributed by atoms with E-state index in [1.165, 1.54) is 0 Å². The molecule has 0 spiro atoms. The van der Waals surface area contributed by atoms with E-state index in [4.69, 9.17) is 0 Å². The number of hydrogen-bond acceptors (Lipinski definition) is 3. The quantitative estimate of drug-likeness (QED) is 0.345. The maximum Gasteiger partial charge on any atom is 0.104 e. The van der Waals surface area contributed by atoms with E-state index in [2.05, 4.69) is 10.7 Å². The summed E-state index contributed by atoms with van der Waals surface area (Å²) in [5.41, 5.74) is 2.07. The highest BCUT2D eigenvalue weighted by Gasteiger charge is 2.18. The largest absolute Gasteiger partial charge is 0.286 e. The highest BCUT2D eigenvalue weighted by atomic mass is 16.3. The highest BCUT2D eigenvalue weighted by Crippen LogP contribution is 2.03. The Bertz CT molecular complexity index is 100. The molecule has 0 rings (SSSR count). The first kappa shape index (κ1) is 8.36. The molecule has 0 radical (unpaired) electrons. The Morgan fingerprint density at radius 2 is 1.89 bits per heavy atom. The summed E-state index contributed by atoms with van der Waals surface area (Å²) in [4.78, 5) is 11.6. The lowest BCUT2D eigenvalue weighted by Gasteiger charge is -2.29. The van der Waals surface area contributed by atoms with Gasteiger partial charge in [0.05, 0.1) is 5.29 Å². The van der Waals surface area contributed by atoms with E-state index in [-0.39, 0.29) is 5.66 Å². The average molecular weight is 131 g/mol. The highest BCUT2D eigenvalue weighted by molar-refractivity contribution is 4.70. The minimum atomic E-state index is -0.345. The average Bonchev–Trinajstić information content (AvgIpc) is 1.65. The van der Waals surface area contributed by atoms with Crippen molar-refractivity contribution in [3.05, 3.63) is 4.91 Å². The van der Waals surface area contributed by atoms with Crippen LogP contribution >= 0.6 is 0 Å². The van der Waals surface area contributed by atoms with Crippen LogP contribution in [0.1, 0.15) is 13.8 Å². The second-order valence-corrected chi connectivity index (χ2v) is 2.66. The SMILES string of the molecule is CN(C)C(C)(C)NN=O. The molecule has 4 heteroatoms. The summed E-state index contributed by atoms with van der Waals surface area (Å²) >= 11 is 0. The summed E-state index contributed by atoms with van der Waals surface area (Å²) < 4.78 is 0. The Kier molecular flexibility index (Phi) is 2.58. The van der Waals surface area contributed by atoms with Crippen LogP contribution in [0, 0.1) is 4.91 Å². The predicted octanol–water partition coefficient (Wildman–Crippen LogP) is 0.555. The van der Waals surface area contributed by atoms with Gasteiger partial charge in [0, 0.05) is 0 Å². The van der Waals surface area contributed by atoms with Crippen molar-refractivity contribution in [2.45, 2.75) is 19.5 Å². The van der Waals surface area contributed by atoms with Crippen LogP contribution in [0.25, 0.3) is 0 Å². The molecule has 0 fully saturated rings. The number of hydrogen-bond donors (Lipinski definition) is 1. The summed E-state index contributed by atoms with van der Waals surface area (Å²) in [6.45, 7) is 3.74. The fourth-order valence-corrected chi connectivity index (χ4v) is 0.212. The van der Waals surface area contributed by atoms with E-state index in [1.54, 1.807) is 0 Å². The summed E-state index contributed by atoms with van der Waals surface area (Å²) in [6.07, 6.45) is 0. The molecule has 9 heavy (non-hydrogen) atoms. The zero-order chi connectivity index (χ0) is 7.49.